The predicted octanol–water partition coefficient (Wildman–Crippen LogP) is -1.13. The van der Waals surface area contributed by atoms with Gasteiger partial charge in [0.1, 0.15) is 6.04 Å². The molecule has 1 unspecified atom stereocenters. The number of carbonyl (C=O) groups is 3. The maximum absolute atomic E-state index is 11.6. The number of hydrogen-bond acceptors (Lipinski definition) is 4. The van der Waals surface area contributed by atoms with Crippen LogP contribution in [0, 0.1) is 0 Å². The summed E-state index contributed by atoms with van der Waals surface area (Å²) in [6.45, 7) is 0. The van der Waals surface area contributed by atoms with Crippen molar-refractivity contribution in [2.75, 3.05) is 0 Å². The van der Waals surface area contributed by atoms with Crippen LogP contribution in [0.1, 0.15) is 18.5 Å². The number of piperidine rings is 1. The molecule has 1 aliphatic rings. The van der Waals surface area contributed by atoms with Crippen molar-refractivity contribution in [1.29, 1.82) is 0 Å². The summed E-state index contributed by atoms with van der Waals surface area (Å²) in [6.07, 6.45) is 2.28. The molecule has 90 valence electrons. The van der Waals surface area contributed by atoms with Crippen LogP contribution in [-0.4, -0.2) is 34.0 Å². The van der Waals surface area contributed by atoms with Gasteiger partial charge in [-0.15, -0.1) is 0 Å². The zero-order chi connectivity index (χ0) is 12.3. The summed E-state index contributed by atoms with van der Waals surface area (Å²) < 4.78 is 0. The standard InChI is InChI=1S/C10H12N4O3/c15-8-2-1-7(10(17)13-8)12-9(16)5-6-3-4-11-14-6/h3-4,7H,1-2,5H2,(H,11,14)(H,12,16)(H,13,15,17). The third-order valence-electron chi connectivity index (χ3n) is 2.48. The lowest BCUT2D eigenvalue weighted by Crippen LogP contribution is -2.52. The number of aromatic nitrogens is 2. The minimum absolute atomic E-state index is 0.137. The van der Waals surface area contributed by atoms with Crippen molar-refractivity contribution in [3.05, 3.63) is 18.0 Å². The van der Waals surface area contributed by atoms with Gasteiger partial charge < -0.3 is 5.32 Å². The topological polar surface area (TPSA) is 104 Å². The summed E-state index contributed by atoms with van der Waals surface area (Å²) in [7, 11) is 0. The van der Waals surface area contributed by atoms with E-state index in [0.29, 0.717) is 12.1 Å². The molecule has 0 bridgehead atoms. The normalized spacial score (nSPS) is 19.9. The van der Waals surface area contributed by atoms with Gasteiger partial charge in [-0.3, -0.25) is 24.8 Å². The minimum atomic E-state index is -0.622. The van der Waals surface area contributed by atoms with Crippen LogP contribution in [0.25, 0.3) is 0 Å². The lowest BCUT2D eigenvalue weighted by Gasteiger charge is -2.21. The van der Waals surface area contributed by atoms with E-state index in [1.807, 2.05) is 0 Å². The predicted molar refractivity (Wildman–Crippen MR) is 56.6 cm³/mol. The smallest absolute Gasteiger partial charge is 0.249 e. The van der Waals surface area contributed by atoms with Crippen LogP contribution in [0.4, 0.5) is 0 Å². The number of imide groups is 1. The Hall–Kier alpha value is -2.18. The second-order valence-electron chi connectivity index (χ2n) is 3.83. The first-order chi connectivity index (χ1) is 8.15. The highest BCUT2D eigenvalue weighted by molar-refractivity contribution is 6.01. The molecule has 0 aliphatic carbocycles. The Morgan fingerprint density at radius 1 is 1.53 bits per heavy atom. The first-order valence-corrected chi connectivity index (χ1v) is 5.26. The minimum Gasteiger partial charge on any atom is -0.344 e. The van der Waals surface area contributed by atoms with Gasteiger partial charge in [0.15, 0.2) is 0 Å². The van der Waals surface area contributed by atoms with Crippen LogP contribution in [0.3, 0.4) is 0 Å². The summed E-state index contributed by atoms with van der Waals surface area (Å²) in [5, 5.41) is 11.1. The van der Waals surface area contributed by atoms with E-state index in [9.17, 15) is 14.4 Å². The van der Waals surface area contributed by atoms with Crippen molar-refractivity contribution in [1.82, 2.24) is 20.8 Å². The molecule has 7 heteroatoms. The SMILES string of the molecule is O=C1CCC(NC(=O)Cc2ccn[nH]2)C(=O)N1. The molecule has 17 heavy (non-hydrogen) atoms. The van der Waals surface area contributed by atoms with Gasteiger partial charge in [-0.1, -0.05) is 0 Å². The molecule has 0 saturated carbocycles. The number of aromatic amines is 1. The summed E-state index contributed by atoms with van der Waals surface area (Å²) in [5.74, 6) is -1.02. The van der Waals surface area contributed by atoms with Crippen molar-refractivity contribution in [2.45, 2.75) is 25.3 Å². The molecule has 2 heterocycles. The Morgan fingerprint density at radius 2 is 2.35 bits per heavy atom. The molecule has 1 aromatic rings. The number of nitrogens with one attached hydrogen (secondary N) is 3. The third kappa shape index (κ3) is 2.90. The molecule has 1 atom stereocenters. The summed E-state index contributed by atoms with van der Waals surface area (Å²) in [6, 6.07) is 1.06. The lowest BCUT2D eigenvalue weighted by atomic mass is 10.1. The van der Waals surface area contributed by atoms with Crippen molar-refractivity contribution in [2.24, 2.45) is 0 Å². The van der Waals surface area contributed by atoms with E-state index in [1.165, 1.54) is 0 Å². The van der Waals surface area contributed by atoms with E-state index in [1.54, 1.807) is 12.3 Å². The van der Waals surface area contributed by atoms with Gasteiger partial charge in [-0.25, -0.2) is 0 Å². The first kappa shape index (κ1) is 11.3. The molecule has 0 aromatic carbocycles. The molecule has 0 spiro atoms. The molecular weight excluding hydrogens is 224 g/mol. The number of hydrogen-bond donors (Lipinski definition) is 3. The molecule has 1 saturated heterocycles. The van der Waals surface area contributed by atoms with E-state index in [-0.39, 0.29) is 24.7 Å². The average Bonchev–Trinajstić information content (AvgIpc) is 2.75. The van der Waals surface area contributed by atoms with Gasteiger partial charge in [-0.2, -0.15) is 5.10 Å². The lowest BCUT2D eigenvalue weighted by molar-refractivity contribution is -0.137. The zero-order valence-corrected chi connectivity index (χ0v) is 9.03. The maximum atomic E-state index is 11.6. The zero-order valence-electron chi connectivity index (χ0n) is 9.03. The van der Waals surface area contributed by atoms with Crippen molar-refractivity contribution in [3.8, 4) is 0 Å². The van der Waals surface area contributed by atoms with Crippen molar-refractivity contribution in [3.63, 3.8) is 0 Å². The monoisotopic (exact) mass is 236 g/mol. The van der Waals surface area contributed by atoms with Crippen LogP contribution in [-0.2, 0) is 20.8 Å². The molecule has 0 radical (unpaired) electrons. The summed E-state index contributed by atoms with van der Waals surface area (Å²) in [4.78, 5) is 33.9. The molecule has 1 aromatic heterocycles. The molecule has 2 rings (SSSR count). The average molecular weight is 236 g/mol. The van der Waals surface area contributed by atoms with E-state index in [0.717, 1.165) is 0 Å². The van der Waals surface area contributed by atoms with Crippen LogP contribution in [0.2, 0.25) is 0 Å². The molecule has 7 nitrogen and oxygen atoms in total. The Bertz CT molecular complexity index is 440. The van der Waals surface area contributed by atoms with E-state index < -0.39 is 11.9 Å². The fourth-order valence-corrected chi connectivity index (χ4v) is 1.63. The number of nitrogens with zero attached hydrogens (tertiary/aromatic N) is 1. The quantitative estimate of drug-likeness (QED) is 0.578. The van der Waals surface area contributed by atoms with Gasteiger partial charge in [0.2, 0.25) is 17.7 Å². The van der Waals surface area contributed by atoms with Crippen LogP contribution < -0.4 is 10.6 Å². The van der Waals surface area contributed by atoms with Gasteiger partial charge in [0, 0.05) is 18.3 Å². The van der Waals surface area contributed by atoms with Crippen molar-refractivity contribution >= 4 is 17.7 Å². The first-order valence-electron chi connectivity index (χ1n) is 5.26. The van der Waals surface area contributed by atoms with Crippen molar-refractivity contribution < 1.29 is 14.4 Å². The number of amides is 3. The highest BCUT2D eigenvalue weighted by Gasteiger charge is 2.27. The van der Waals surface area contributed by atoms with Gasteiger partial charge in [0.25, 0.3) is 0 Å². The Balaban J connectivity index is 1.86. The van der Waals surface area contributed by atoms with Gasteiger partial charge in [0.05, 0.1) is 6.42 Å². The maximum Gasteiger partial charge on any atom is 0.249 e. The van der Waals surface area contributed by atoms with Crippen LogP contribution in [0.15, 0.2) is 12.3 Å². The Labute approximate surface area is 97.0 Å². The number of carbonyl (C=O) groups excluding carboxylic acids is 3. The van der Waals surface area contributed by atoms with E-state index in [4.69, 9.17) is 0 Å². The van der Waals surface area contributed by atoms with Gasteiger partial charge >= 0.3 is 0 Å². The molecule has 1 fully saturated rings. The third-order valence-corrected chi connectivity index (χ3v) is 2.48. The number of H-pyrrole nitrogens is 1. The van der Waals surface area contributed by atoms with E-state index >= 15 is 0 Å². The summed E-state index contributed by atoms with van der Waals surface area (Å²) >= 11 is 0. The van der Waals surface area contributed by atoms with Gasteiger partial charge in [-0.05, 0) is 12.5 Å². The highest BCUT2D eigenvalue weighted by Crippen LogP contribution is 2.04. The van der Waals surface area contributed by atoms with E-state index in [2.05, 4.69) is 20.8 Å². The summed E-state index contributed by atoms with van der Waals surface area (Å²) in [5.41, 5.74) is 0.676. The fraction of sp³-hybridized carbons (Fsp3) is 0.400. The number of rotatable bonds is 3. The molecule has 3 N–H and O–H groups in total. The van der Waals surface area contributed by atoms with Crippen LogP contribution >= 0.6 is 0 Å². The second kappa shape index (κ2) is 4.77. The van der Waals surface area contributed by atoms with Crippen LogP contribution in [0.5, 0.6) is 0 Å². The largest absolute Gasteiger partial charge is 0.344 e. The Kier molecular flexibility index (Phi) is 3.17. The molecule has 1 aliphatic heterocycles. The molecule has 3 amide bonds. The second-order valence-corrected chi connectivity index (χ2v) is 3.83. The fourth-order valence-electron chi connectivity index (χ4n) is 1.63. The highest BCUT2D eigenvalue weighted by atomic mass is 16.2. The Morgan fingerprint density at radius 3 is 3.00 bits per heavy atom. The molecular formula is C10H12N4O3.